The van der Waals surface area contributed by atoms with Crippen molar-refractivity contribution in [3.05, 3.63) is 24.3 Å². The number of thioether (sulfide) groups is 1. The van der Waals surface area contributed by atoms with Crippen LogP contribution in [0.1, 0.15) is 34.6 Å². The van der Waals surface area contributed by atoms with E-state index in [1.165, 1.54) is 7.11 Å². The average molecular weight is 355 g/mol. The first-order valence-electron chi connectivity index (χ1n) is 7.89. The van der Waals surface area contributed by atoms with Gasteiger partial charge in [-0.05, 0) is 56.2 Å². The van der Waals surface area contributed by atoms with E-state index in [2.05, 4.69) is 46.0 Å². The molecule has 1 aromatic rings. The predicted molar refractivity (Wildman–Crippen MR) is 101 cm³/mol. The number of esters is 1. The molecule has 0 N–H and O–H groups in total. The summed E-state index contributed by atoms with van der Waals surface area (Å²) in [7, 11) is -0.367. The Morgan fingerprint density at radius 2 is 1.61 bits per heavy atom. The van der Waals surface area contributed by atoms with Gasteiger partial charge in [-0.2, -0.15) is 0 Å². The molecule has 0 aliphatic heterocycles. The lowest BCUT2D eigenvalue weighted by Gasteiger charge is -2.36. The van der Waals surface area contributed by atoms with Crippen molar-refractivity contribution in [2.75, 3.05) is 12.9 Å². The van der Waals surface area contributed by atoms with E-state index in [9.17, 15) is 4.79 Å². The number of carbonyl (C=O) groups excluding carboxylic acids is 1. The first-order chi connectivity index (χ1) is 10.4. The van der Waals surface area contributed by atoms with Crippen LogP contribution in [-0.4, -0.2) is 27.1 Å². The quantitative estimate of drug-likeness (QED) is 0.391. The number of methoxy groups -OCH3 is 1. The Morgan fingerprint density at radius 1 is 1.09 bits per heavy atom. The Labute approximate surface area is 146 Å². The van der Waals surface area contributed by atoms with Crippen molar-refractivity contribution in [3.8, 4) is 5.75 Å². The van der Waals surface area contributed by atoms with Gasteiger partial charge in [-0.25, -0.2) is 0 Å². The minimum Gasteiger partial charge on any atom is -0.544 e. The fraction of sp³-hybridized carbons (Fsp3) is 0.611. The molecule has 0 aromatic heterocycles. The monoisotopic (exact) mass is 354 g/mol. The molecule has 1 aromatic carbocycles. The van der Waals surface area contributed by atoms with Gasteiger partial charge in [-0.3, -0.25) is 4.79 Å². The molecule has 5 heteroatoms. The lowest BCUT2D eigenvalue weighted by Crippen LogP contribution is -2.43. The Hall–Kier alpha value is -0.943. The van der Waals surface area contributed by atoms with Gasteiger partial charge in [0.15, 0.2) is 0 Å². The summed E-state index contributed by atoms with van der Waals surface area (Å²) < 4.78 is 11.1. The highest BCUT2D eigenvalue weighted by Gasteiger charge is 2.38. The first-order valence-corrected chi connectivity index (χ1v) is 11.8. The number of hydrogen-bond acceptors (Lipinski definition) is 4. The van der Waals surface area contributed by atoms with E-state index < -0.39 is 13.7 Å². The molecule has 0 bridgehead atoms. The largest absolute Gasteiger partial charge is 0.544 e. The zero-order valence-corrected chi connectivity index (χ0v) is 17.5. The predicted octanol–water partition coefficient (Wildman–Crippen LogP) is 5.36. The number of hydrogen-bond donors (Lipinski definition) is 0. The van der Waals surface area contributed by atoms with Crippen molar-refractivity contribution in [2.45, 2.75) is 57.6 Å². The van der Waals surface area contributed by atoms with Crippen LogP contribution in [0.5, 0.6) is 5.75 Å². The maximum atomic E-state index is 11.7. The van der Waals surface area contributed by atoms with Crippen LogP contribution in [0.15, 0.2) is 29.2 Å². The maximum absolute atomic E-state index is 11.7. The number of rotatable bonds is 6. The van der Waals surface area contributed by atoms with E-state index in [4.69, 9.17) is 9.16 Å². The third-order valence-corrected chi connectivity index (χ3v) is 10.2. The van der Waals surface area contributed by atoms with Gasteiger partial charge in [0, 0.05) is 10.6 Å². The average Bonchev–Trinajstić information content (AvgIpc) is 2.44. The topological polar surface area (TPSA) is 35.5 Å². The standard InChI is InChI=1S/C18H30O3SSi/c1-17(2,3)23(7,8)21-14-9-11-15(12-10-14)22-13-18(4,5)16(19)20-6/h9-12H,13H2,1-8H3. The zero-order chi connectivity index (χ0) is 17.9. The van der Waals surface area contributed by atoms with E-state index >= 15 is 0 Å². The van der Waals surface area contributed by atoms with Crippen molar-refractivity contribution in [1.82, 2.24) is 0 Å². The van der Waals surface area contributed by atoms with E-state index in [1.807, 2.05) is 26.0 Å². The molecule has 130 valence electrons. The fourth-order valence-electron chi connectivity index (χ4n) is 1.65. The van der Waals surface area contributed by atoms with Gasteiger partial charge in [-0.15, -0.1) is 11.8 Å². The number of benzene rings is 1. The molecule has 0 atom stereocenters. The normalized spacial score (nSPS) is 12.9. The Bertz CT molecular complexity index is 530. The minimum atomic E-state index is -1.80. The van der Waals surface area contributed by atoms with Crippen molar-refractivity contribution >= 4 is 26.0 Å². The molecular formula is C18H30O3SSi. The lowest BCUT2D eigenvalue weighted by molar-refractivity contribution is -0.149. The van der Waals surface area contributed by atoms with Crippen LogP contribution in [0.2, 0.25) is 18.1 Å². The maximum Gasteiger partial charge on any atom is 0.312 e. The highest BCUT2D eigenvalue weighted by molar-refractivity contribution is 7.99. The number of carbonyl (C=O) groups is 1. The van der Waals surface area contributed by atoms with E-state index in [-0.39, 0.29) is 11.0 Å². The third-order valence-electron chi connectivity index (χ3n) is 4.34. The molecule has 0 spiro atoms. The Balaban J connectivity index is 2.69. The summed E-state index contributed by atoms with van der Waals surface area (Å²) in [5, 5.41) is 0.185. The molecule has 0 saturated carbocycles. The van der Waals surface area contributed by atoms with Crippen LogP contribution in [0.3, 0.4) is 0 Å². The van der Waals surface area contributed by atoms with Crippen molar-refractivity contribution in [1.29, 1.82) is 0 Å². The van der Waals surface area contributed by atoms with Crippen LogP contribution in [0, 0.1) is 5.41 Å². The van der Waals surface area contributed by atoms with Crippen LogP contribution < -0.4 is 4.43 Å². The van der Waals surface area contributed by atoms with E-state index in [1.54, 1.807) is 11.8 Å². The summed E-state index contributed by atoms with van der Waals surface area (Å²) in [6.07, 6.45) is 0. The molecular weight excluding hydrogens is 324 g/mol. The van der Waals surface area contributed by atoms with Crippen LogP contribution in [0.4, 0.5) is 0 Å². The molecule has 0 saturated heterocycles. The molecule has 0 fully saturated rings. The van der Waals surface area contributed by atoms with Gasteiger partial charge >= 0.3 is 5.97 Å². The molecule has 0 unspecified atom stereocenters. The SMILES string of the molecule is COC(=O)C(C)(C)CSc1ccc(O[Si](C)(C)C(C)(C)C)cc1. The molecule has 0 aliphatic rings. The summed E-state index contributed by atoms with van der Waals surface area (Å²) >= 11 is 1.66. The van der Waals surface area contributed by atoms with Gasteiger partial charge < -0.3 is 9.16 Å². The summed E-state index contributed by atoms with van der Waals surface area (Å²) in [5.41, 5.74) is -0.490. The molecule has 3 nitrogen and oxygen atoms in total. The zero-order valence-electron chi connectivity index (χ0n) is 15.6. The minimum absolute atomic E-state index is 0.178. The highest BCUT2D eigenvalue weighted by Crippen LogP contribution is 2.38. The molecule has 0 amide bonds. The highest BCUT2D eigenvalue weighted by atomic mass is 32.2. The van der Waals surface area contributed by atoms with Gasteiger partial charge in [-0.1, -0.05) is 20.8 Å². The van der Waals surface area contributed by atoms with Crippen LogP contribution >= 0.6 is 11.8 Å². The second-order valence-electron chi connectivity index (χ2n) is 8.00. The number of ether oxygens (including phenoxy) is 1. The Morgan fingerprint density at radius 3 is 2.04 bits per heavy atom. The van der Waals surface area contributed by atoms with Gasteiger partial charge in [0.25, 0.3) is 0 Å². The smallest absolute Gasteiger partial charge is 0.312 e. The van der Waals surface area contributed by atoms with E-state index in [0.29, 0.717) is 5.75 Å². The lowest BCUT2D eigenvalue weighted by atomic mass is 9.97. The van der Waals surface area contributed by atoms with Crippen molar-refractivity contribution < 1.29 is 14.0 Å². The fourth-order valence-corrected chi connectivity index (χ4v) is 3.66. The van der Waals surface area contributed by atoms with Gasteiger partial charge in [0.2, 0.25) is 8.32 Å². The molecule has 0 radical (unpaired) electrons. The van der Waals surface area contributed by atoms with Crippen LogP contribution in [-0.2, 0) is 9.53 Å². The van der Waals surface area contributed by atoms with Gasteiger partial charge in [0.05, 0.1) is 12.5 Å². The molecule has 1 rings (SSSR count). The molecule has 0 aliphatic carbocycles. The first kappa shape index (κ1) is 20.1. The van der Waals surface area contributed by atoms with Crippen molar-refractivity contribution in [2.24, 2.45) is 5.41 Å². The molecule has 23 heavy (non-hydrogen) atoms. The third kappa shape index (κ3) is 5.57. The second kappa shape index (κ2) is 7.30. The summed E-state index contributed by atoms with van der Waals surface area (Å²) in [4.78, 5) is 12.8. The van der Waals surface area contributed by atoms with E-state index in [0.717, 1.165) is 10.6 Å². The second-order valence-corrected chi connectivity index (χ2v) is 13.8. The van der Waals surface area contributed by atoms with Crippen molar-refractivity contribution in [3.63, 3.8) is 0 Å². The van der Waals surface area contributed by atoms with Gasteiger partial charge in [0.1, 0.15) is 5.75 Å². The molecule has 0 heterocycles. The summed E-state index contributed by atoms with van der Waals surface area (Å²) in [6.45, 7) is 15.0. The summed E-state index contributed by atoms with van der Waals surface area (Å²) in [5.74, 6) is 1.43. The van der Waals surface area contributed by atoms with Crippen LogP contribution in [0.25, 0.3) is 0 Å². The summed E-state index contributed by atoms with van der Waals surface area (Å²) in [6, 6.07) is 8.16. The Kier molecular flexibility index (Phi) is 6.38.